The van der Waals surface area contributed by atoms with Gasteiger partial charge in [-0.25, -0.2) is 0 Å². The minimum absolute atomic E-state index is 0.102. The third-order valence-corrected chi connectivity index (χ3v) is 3.83. The summed E-state index contributed by atoms with van der Waals surface area (Å²) in [7, 11) is 0. The van der Waals surface area contributed by atoms with Gasteiger partial charge in [-0.3, -0.25) is 4.79 Å². The molecule has 1 fully saturated rings. The summed E-state index contributed by atoms with van der Waals surface area (Å²) < 4.78 is 5.17. The predicted molar refractivity (Wildman–Crippen MR) is 78.2 cm³/mol. The van der Waals surface area contributed by atoms with E-state index in [4.69, 9.17) is 4.74 Å². The minimum Gasteiger partial charge on any atom is -0.465 e. The molecule has 2 unspecified atom stereocenters. The van der Waals surface area contributed by atoms with E-state index < -0.39 is 0 Å². The zero-order valence-corrected chi connectivity index (χ0v) is 12.8. The summed E-state index contributed by atoms with van der Waals surface area (Å²) in [5.41, 5.74) is 0. The van der Waals surface area contributed by atoms with Crippen molar-refractivity contribution in [2.45, 2.75) is 52.5 Å². The molecule has 19 heavy (non-hydrogen) atoms. The van der Waals surface area contributed by atoms with Crippen LogP contribution in [0.25, 0.3) is 0 Å². The standard InChI is InChI=1S/C15H30N2O2/c1-4-9-16-14(15(18)19-6-3)12-17-10-7-8-13(5-2)11-17/h13-14,16H,4-12H2,1-3H3. The van der Waals surface area contributed by atoms with Crippen molar-refractivity contribution in [1.29, 1.82) is 0 Å². The second kappa shape index (κ2) is 9.32. The average molecular weight is 270 g/mol. The molecule has 0 aromatic carbocycles. The molecule has 1 aliphatic heterocycles. The molecule has 1 N–H and O–H groups in total. The van der Waals surface area contributed by atoms with E-state index in [2.05, 4.69) is 24.1 Å². The summed E-state index contributed by atoms with van der Waals surface area (Å²) in [5.74, 6) is 0.692. The maximum absolute atomic E-state index is 12.0. The molecule has 4 heteroatoms. The Bertz CT molecular complexity index is 259. The van der Waals surface area contributed by atoms with Gasteiger partial charge in [0.2, 0.25) is 0 Å². The van der Waals surface area contributed by atoms with Gasteiger partial charge in [-0.05, 0) is 45.2 Å². The lowest BCUT2D eigenvalue weighted by atomic mass is 9.95. The average Bonchev–Trinajstić information content (AvgIpc) is 2.43. The molecule has 2 atom stereocenters. The third kappa shape index (κ3) is 5.91. The van der Waals surface area contributed by atoms with Crippen LogP contribution in [0, 0.1) is 5.92 Å². The number of likely N-dealkylation sites (tertiary alicyclic amines) is 1. The molecule has 1 saturated heterocycles. The number of hydrogen-bond donors (Lipinski definition) is 1. The Morgan fingerprint density at radius 3 is 2.84 bits per heavy atom. The fourth-order valence-electron chi connectivity index (χ4n) is 2.69. The molecular formula is C15H30N2O2. The van der Waals surface area contributed by atoms with Crippen LogP contribution in [-0.2, 0) is 9.53 Å². The molecule has 1 aliphatic rings. The molecule has 4 nitrogen and oxygen atoms in total. The first-order chi connectivity index (χ1) is 9.21. The van der Waals surface area contributed by atoms with Gasteiger partial charge < -0.3 is 15.0 Å². The highest BCUT2D eigenvalue weighted by Gasteiger charge is 2.25. The highest BCUT2D eigenvalue weighted by Crippen LogP contribution is 2.19. The second-order valence-corrected chi connectivity index (χ2v) is 5.43. The van der Waals surface area contributed by atoms with E-state index in [9.17, 15) is 4.79 Å². The lowest BCUT2D eigenvalue weighted by Crippen LogP contribution is -2.49. The van der Waals surface area contributed by atoms with Gasteiger partial charge >= 0.3 is 5.97 Å². The van der Waals surface area contributed by atoms with Gasteiger partial charge in [-0.2, -0.15) is 0 Å². The summed E-state index contributed by atoms with van der Waals surface area (Å²) in [6.45, 7) is 10.6. The van der Waals surface area contributed by atoms with Crippen LogP contribution in [0.1, 0.15) is 46.5 Å². The van der Waals surface area contributed by atoms with Crippen LogP contribution in [0.5, 0.6) is 0 Å². The summed E-state index contributed by atoms with van der Waals surface area (Å²) in [5, 5.41) is 3.32. The number of nitrogens with one attached hydrogen (secondary N) is 1. The number of carbonyl (C=O) groups excluding carboxylic acids is 1. The first-order valence-electron chi connectivity index (χ1n) is 7.83. The largest absolute Gasteiger partial charge is 0.465 e. The lowest BCUT2D eigenvalue weighted by Gasteiger charge is -2.34. The van der Waals surface area contributed by atoms with Crippen molar-refractivity contribution in [3.8, 4) is 0 Å². The van der Waals surface area contributed by atoms with Crippen LogP contribution in [0.3, 0.4) is 0 Å². The maximum Gasteiger partial charge on any atom is 0.324 e. The zero-order chi connectivity index (χ0) is 14.1. The Morgan fingerprint density at radius 2 is 2.21 bits per heavy atom. The second-order valence-electron chi connectivity index (χ2n) is 5.43. The number of piperidine rings is 1. The first kappa shape index (κ1) is 16.4. The Morgan fingerprint density at radius 1 is 1.42 bits per heavy atom. The van der Waals surface area contributed by atoms with Gasteiger partial charge in [-0.1, -0.05) is 20.3 Å². The van der Waals surface area contributed by atoms with Crippen molar-refractivity contribution < 1.29 is 9.53 Å². The van der Waals surface area contributed by atoms with E-state index in [-0.39, 0.29) is 12.0 Å². The molecular weight excluding hydrogens is 240 g/mol. The Hall–Kier alpha value is -0.610. The van der Waals surface area contributed by atoms with E-state index >= 15 is 0 Å². The minimum atomic E-state index is -0.171. The Kier molecular flexibility index (Phi) is 8.07. The summed E-state index contributed by atoms with van der Waals surface area (Å²) in [4.78, 5) is 14.4. The predicted octanol–water partition coefficient (Wildman–Crippen LogP) is 2.04. The molecule has 0 saturated carbocycles. The van der Waals surface area contributed by atoms with Crippen molar-refractivity contribution in [2.75, 3.05) is 32.8 Å². The van der Waals surface area contributed by atoms with E-state index in [1.165, 1.54) is 19.3 Å². The monoisotopic (exact) mass is 270 g/mol. The molecule has 1 heterocycles. The highest BCUT2D eigenvalue weighted by molar-refractivity contribution is 5.76. The Labute approximate surface area is 117 Å². The van der Waals surface area contributed by atoms with E-state index in [1.54, 1.807) is 0 Å². The van der Waals surface area contributed by atoms with Crippen molar-refractivity contribution in [1.82, 2.24) is 10.2 Å². The fourth-order valence-corrected chi connectivity index (χ4v) is 2.69. The van der Waals surface area contributed by atoms with Crippen molar-refractivity contribution in [3.63, 3.8) is 0 Å². The smallest absolute Gasteiger partial charge is 0.324 e. The number of ether oxygens (including phenoxy) is 1. The van der Waals surface area contributed by atoms with E-state index in [1.807, 2.05) is 6.92 Å². The zero-order valence-electron chi connectivity index (χ0n) is 12.8. The lowest BCUT2D eigenvalue weighted by molar-refractivity contribution is -0.146. The number of nitrogens with zero attached hydrogens (tertiary/aromatic N) is 1. The van der Waals surface area contributed by atoms with Crippen LogP contribution >= 0.6 is 0 Å². The van der Waals surface area contributed by atoms with Gasteiger partial charge in [0, 0.05) is 13.1 Å². The van der Waals surface area contributed by atoms with Crippen molar-refractivity contribution >= 4 is 5.97 Å². The van der Waals surface area contributed by atoms with Gasteiger partial charge in [-0.15, -0.1) is 0 Å². The van der Waals surface area contributed by atoms with Crippen molar-refractivity contribution in [2.24, 2.45) is 5.92 Å². The number of carbonyl (C=O) groups is 1. The summed E-state index contributed by atoms with van der Waals surface area (Å²) in [6.07, 6.45) is 4.86. The number of rotatable bonds is 8. The van der Waals surface area contributed by atoms with Crippen LogP contribution < -0.4 is 5.32 Å². The van der Waals surface area contributed by atoms with Crippen LogP contribution in [0.15, 0.2) is 0 Å². The number of esters is 1. The van der Waals surface area contributed by atoms with E-state index in [0.29, 0.717) is 6.61 Å². The Balaban J connectivity index is 2.47. The van der Waals surface area contributed by atoms with Crippen LogP contribution in [-0.4, -0.2) is 49.7 Å². The van der Waals surface area contributed by atoms with Gasteiger partial charge in [0.1, 0.15) is 6.04 Å². The van der Waals surface area contributed by atoms with Gasteiger partial charge in [0.15, 0.2) is 0 Å². The third-order valence-electron chi connectivity index (χ3n) is 3.83. The molecule has 0 radical (unpaired) electrons. The van der Waals surface area contributed by atoms with Gasteiger partial charge in [0.25, 0.3) is 0 Å². The molecule has 0 amide bonds. The number of hydrogen-bond acceptors (Lipinski definition) is 4. The molecule has 0 aromatic rings. The quantitative estimate of drug-likeness (QED) is 0.685. The van der Waals surface area contributed by atoms with Gasteiger partial charge in [0.05, 0.1) is 6.61 Å². The summed E-state index contributed by atoms with van der Waals surface area (Å²) in [6, 6.07) is -0.171. The summed E-state index contributed by atoms with van der Waals surface area (Å²) >= 11 is 0. The molecule has 0 bridgehead atoms. The van der Waals surface area contributed by atoms with E-state index in [0.717, 1.165) is 38.5 Å². The topological polar surface area (TPSA) is 41.6 Å². The molecule has 0 spiro atoms. The maximum atomic E-state index is 12.0. The highest BCUT2D eigenvalue weighted by atomic mass is 16.5. The van der Waals surface area contributed by atoms with Crippen LogP contribution in [0.2, 0.25) is 0 Å². The molecule has 1 rings (SSSR count). The molecule has 112 valence electrons. The van der Waals surface area contributed by atoms with Crippen LogP contribution in [0.4, 0.5) is 0 Å². The normalized spacial score (nSPS) is 22.2. The SMILES string of the molecule is CCCNC(CN1CCCC(CC)C1)C(=O)OCC. The fraction of sp³-hybridized carbons (Fsp3) is 0.933. The van der Waals surface area contributed by atoms with Crippen molar-refractivity contribution in [3.05, 3.63) is 0 Å². The molecule has 0 aliphatic carbocycles. The first-order valence-corrected chi connectivity index (χ1v) is 7.83. The molecule has 0 aromatic heterocycles.